The van der Waals surface area contributed by atoms with Gasteiger partial charge in [0.1, 0.15) is 29.8 Å². The molecule has 0 radical (unpaired) electrons. The highest BCUT2D eigenvalue weighted by molar-refractivity contribution is 8.14. The maximum absolute atomic E-state index is 12.7. The van der Waals surface area contributed by atoms with Crippen LogP contribution in [0.25, 0.3) is 0 Å². The van der Waals surface area contributed by atoms with Crippen LogP contribution in [0.15, 0.2) is 4.99 Å². The normalized spacial score (nSPS) is 43.7. The third-order valence-corrected chi connectivity index (χ3v) is 4.66. The van der Waals surface area contributed by atoms with Gasteiger partial charge in [0.2, 0.25) is 0 Å². The molecule has 2 N–H and O–H groups in total. The Balaban J connectivity index is 1.75. The first-order valence-electron chi connectivity index (χ1n) is 5.87. The van der Waals surface area contributed by atoms with Gasteiger partial charge in [0.25, 0.3) is 6.43 Å². The maximum atomic E-state index is 12.7. The fourth-order valence-corrected chi connectivity index (χ4v) is 3.51. The lowest BCUT2D eigenvalue weighted by Crippen LogP contribution is -2.56. The van der Waals surface area contributed by atoms with Crippen LogP contribution in [0, 0.1) is 0 Å². The lowest BCUT2D eigenvalue weighted by molar-refractivity contribution is -0.193. The van der Waals surface area contributed by atoms with E-state index in [2.05, 4.69) is 4.99 Å². The second kappa shape index (κ2) is 4.59. The van der Waals surface area contributed by atoms with Gasteiger partial charge in [-0.2, -0.15) is 0 Å². The Morgan fingerprint density at radius 1 is 1.33 bits per heavy atom. The summed E-state index contributed by atoms with van der Waals surface area (Å²) in [6, 6.07) is -0.657. The lowest BCUT2D eigenvalue weighted by atomic mass is 9.98. The van der Waals surface area contributed by atoms with Gasteiger partial charge in [-0.3, -0.25) is 4.99 Å². The number of nitrogens with zero attached hydrogens (tertiary/aromatic N) is 2. The minimum absolute atomic E-state index is 0.627. The fraction of sp³-hybridized carbons (Fsp3) is 0.900. The Hall–Kier alpha value is -0.440. The van der Waals surface area contributed by atoms with E-state index < -0.39 is 36.2 Å². The summed E-state index contributed by atoms with van der Waals surface area (Å²) >= 11 is 1.25. The Labute approximate surface area is 107 Å². The summed E-state index contributed by atoms with van der Waals surface area (Å²) in [4.78, 5) is 6.30. The van der Waals surface area contributed by atoms with Crippen molar-refractivity contribution in [3.63, 3.8) is 0 Å². The Morgan fingerprint density at radius 2 is 2.06 bits per heavy atom. The largest absolute Gasteiger partial charge is 0.388 e. The molecule has 0 unspecified atom stereocenters. The van der Waals surface area contributed by atoms with E-state index in [0.29, 0.717) is 0 Å². The number of aliphatic hydroxyl groups excluding tert-OH is 2. The quantitative estimate of drug-likeness (QED) is 0.701. The monoisotopic (exact) mass is 280 g/mol. The Morgan fingerprint density at radius 3 is 2.61 bits per heavy atom. The molecule has 0 aromatic heterocycles. The van der Waals surface area contributed by atoms with Gasteiger partial charge in [-0.1, -0.05) is 11.8 Å². The molecule has 0 aromatic rings. The van der Waals surface area contributed by atoms with Crippen LogP contribution in [0.4, 0.5) is 8.78 Å². The molecule has 3 rings (SSSR count). The average molecular weight is 280 g/mol. The van der Waals surface area contributed by atoms with E-state index in [9.17, 15) is 19.0 Å². The predicted molar refractivity (Wildman–Crippen MR) is 61.7 cm³/mol. The van der Waals surface area contributed by atoms with Crippen molar-refractivity contribution < 1.29 is 23.7 Å². The number of thioether (sulfide) groups is 1. The first-order chi connectivity index (χ1) is 8.58. The zero-order chi connectivity index (χ0) is 12.9. The van der Waals surface area contributed by atoms with Crippen LogP contribution >= 0.6 is 11.8 Å². The molecule has 0 amide bonds. The highest BCUT2D eigenvalue weighted by atomic mass is 32.2. The maximum Gasteiger partial charge on any atom is 0.267 e. The fourth-order valence-electron chi connectivity index (χ4n) is 2.24. The van der Waals surface area contributed by atoms with E-state index in [1.54, 1.807) is 0 Å². The van der Waals surface area contributed by atoms with Crippen LogP contribution in [-0.2, 0) is 4.74 Å². The van der Waals surface area contributed by atoms with Crippen LogP contribution in [0.3, 0.4) is 0 Å². The molecule has 8 heteroatoms. The number of amidine groups is 1. The van der Waals surface area contributed by atoms with Gasteiger partial charge < -0.3 is 19.8 Å². The molecule has 0 aliphatic carbocycles. The number of halogens is 2. The smallest absolute Gasteiger partial charge is 0.267 e. The topological polar surface area (TPSA) is 65.3 Å². The van der Waals surface area contributed by atoms with Gasteiger partial charge in [-0.25, -0.2) is 8.78 Å². The van der Waals surface area contributed by atoms with E-state index in [1.165, 1.54) is 11.8 Å². The molecule has 0 bridgehead atoms. The first kappa shape index (κ1) is 12.6. The number of aliphatic imine (C=N–C) groups is 1. The van der Waals surface area contributed by atoms with Gasteiger partial charge in [0.15, 0.2) is 5.17 Å². The molecule has 0 aromatic carbocycles. The summed E-state index contributed by atoms with van der Waals surface area (Å²) < 4.78 is 30.5. The molecule has 5 atom stereocenters. The zero-order valence-electron chi connectivity index (χ0n) is 9.45. The average Bonchev–Trinajstić information content (AvgIpc) is 2.64. The summed E-state index contributed by atoms with van der Waals surface area (Å²) in [6.07, 6.45) is -6.26. The second-order valence-electron chi connectivity index (χ2n) is 4.65. The van der Waals surface area contributed by atoms with E-state index in [4.69, 9.17) is 4.74 Å². The van der Waals surface area contributed by atoms with Gasteiger partial charge >= 0.3 is 0 Å². The first-order valence-corrected chi connectivity index (χ1v) is 6.75. The van der Waals surface area contributed by atoms with E-state index in [-0.39, 0.29) is 0 Å². The number of alkyl halides is 2. The van der Waals surface area contributed by atoms with Crippen LogP contribution in [-0.4, -0.2) is 69.6 Å². The molecular weight excluding hydrogens is 266 g/mol. The van der Waals surface area contributed by atoms with Crippen molar-refractivity contribution in [3.05, 3.63) is 0 Å². The summed E-state index contributed by atoms with van der Waals surface area (Å²) in [7, 11) is 0. The molecular formula is C10H14F2N2O3S. The molecule has 0 saturated carbocycles. The van der Waals surface area contributed by atoms with Crippen molar-refractivity contribution in [2.24, 2.45) is 4.99 Å². The molecule has 5 nitrogen and oxygen atoms in total. The minimum atomic E-state index is -2.82. The van der Waals surface area contributed by atoms with E-state index in [0.717, 1.165) is 24.7 Å². The number of rotatable bonds is 1. The number of ether oxygens (including phenoxy) is 1. The van der Waals surface area contributed by atoms with Crippen molar-refractivity contribution >= 4 is 16.9 Å². The molecule has 3 aliphatic rings. The summed E-state index contributed by atoms with van der Waals surface area (Å²) in [5, 5.41) is 20.2. The molecule has 2 saturated heterocycles. The summed E-state index contributed by atoms with van der Waals surface area (Å²) in [6.45, 7) is 1.78. The Kier molecular flexibility index (Phi) is 3.21. The standard InChI is InChI=1S/C10H14F2N2O3S/c11-8(12)7-6(16)5(15)4-9(17-7)18-10(13-4)14-2-1-3-14/h4-9,15-16H,1-3H2/t4-,5-,6+,7+,9-/m1/s1. The van der Waals surface area contributed by atoms with E-state index in [1.807, 2.05) is 4.90 Å². The minimum Gasteiger partial charge on any atom is -0.388 e. The Bertz CT molecular complexity index is 367. The third kappa shape index (κ3) is 1.91. The predicted octanol–water partition coefficient (Wildman–Crippen LogP) is -0.125. The molecule has 0 spiro atoms. The van der Waals surface area contributed by atoms with Gasteiger partial charge in [-0.15, -0.1) is 0 Å². The van der Waals surface area contributed by atoms with Gasteiger partial charge in [-0.05, 0) is 6.42 Å². The number of aliphatic hydroxyl groups is 2. The summed E-state index contributed by atoms with van der Waals surface area (Å²) in [5.41, 5.74) is -0.627. The number of likely N-dealkylation sites (tertiary alicyclic amines) is 1. The van der Waals surface area contributed by atoms with Gasteiger partial charge in [0.05, 0.1) is 0 Å². The van der Waals surface area contributed by atoms with Crippen molar-refractivity contribution in [2.75, 3.05) is 13.1 Å². The van der Waals surface area contributed by atoms with Crippen molar-refractivity contribution in [3.8, 4) is 0 Å². The third-order valence-electron chi connectivity index (χ3n) is 3.46. The highest BCUT2D eigenvalue weighted by Gasteiger charge is 2.51. The van der Waals surface area contributed by atoms with Crippen molar-refractivity contribution in [2.45, 2.75) is 42.6 Å². The van der Waals surface area contributed by atoms with Crippen molar-refractivity contribution in [1.29, 1.82) is 0 Å². The zero-order valence-corrected chi connectivity index (χ0v) is 10.3. The van der Waals surface area contributed by atoms with Crippen LogP contribution in [0.2, 0.25) is 0 Å². The lowest BCUT2D eigenvalue weighted by Gasteiger charge is -2.37. The molecule has 3 aliphatic heterocycles. The SMILES string of the molecule is O[C@H]1[C@H](O)[C@@H](C(F)F)O[C@@H]2SC(N3CCC3)=N[C@H]12. The second-order valence-corrected chi connectivity index (χ2v) is 5.71. The molecule has 102 valence electrons. The van der Waals surface area contributed by atoms with Crippen LogP contribution in [0.5, 0.6) is 0 Å². The molecule has 2 fully saturated rings. The number of fused-ring (bicyclic) bond motifs is 1. The molecule has 3 heterocycles. The number of hydrogen-bond donors (Lipinski definition) is 2. The van der Waals surface area contributed by atoms with Crippen molar-refractivity contribution in [1.82, 2.24) is 4.90 Å². The van der Waals surface area contributed by atoms with Crippen LogP contribution in [0.1, 0.15) is 6.42 Å². The van der Waals surface area contributed by atoms with Crippen LogP contribution < -0.4 is 0 Å². The van der Waals surface area contributed by atoms with E-state index >= 15 is 0 Å². The highest BCUT2D eigenvalue weighted by Crippen LogP contribution is 2.39. The number of hydrogen-bond acceptors (Lipinski definition) is 6. The summed E-state index contributed by atoms with van der Waals surface area (Å²) in [5.74, 6) is 0. The molecule has 18 heavy (non-hydrogen) atoms. The van der Waals surface area contributed by atoms with Gasteiger partial charge in [0, 0.05) is 13.1 Å².